The van der Waals surface area contributed by atoms with E-state index < -0.39 is 6.04 Å². The van der Waals surface area contributed by atoms with E-state index in [0.29, 0.717) is 16.5 Å². The Bertz CT molecular complexity index is 780. The van der Waals surface area contributed by atoms with Gasteiger partial charge in [0.1, 0.15) is 6.04 Å². The largest absolute Gasteiger partial charge is 0.357 e. The highest BCUT2D eigenvalue weighted by Gasteiger charge is 2.25. The molecule has 0 aromatic heterocycles. The quantitative estimate of drug-likeness (QED) is 0.771. The Balaban J connectivity index is 2.17. The van der Waals surface area contributed by atoms with Gasteiger partial charge in [-0.05, 0) is 36.6 Å². The Morgan fingerprint density at radius 1 is 1.00 bits per heavy atom. The average molecular weight is 393 g/mol. The lowest BCUT2D eigenvalue weighted by Crippen LogP contribution is -2.46. The Kier molecular flexibility index (Phi) is 7.49. The second kappa shape index (κ2) is 9.60. The Labute approximate surface area is 164 Å². The van der Waals surface area contributed by atoms with Crippen LogP contribution in [0, 0.1) is 0 Å². The average Bonchev–Trinajstić information content (AvgIpc) is 2.65. The summed E-state index contributed by atoms with van der Waals surface area (Å²) in [5.74, 6) is -0.343. The zero-order valence-corrected chi connectivity index (χ0v) is 16.3. The van der Waals surface area contributed by atoms with Crippen LogP contribution in [0.3, 0.4) is 0 Å². The number of nitrogens with one attached hydrogen (secondary N) is 1. The number of rotatable bonds is 7. The second-order valence-corrected chi connectivity index (χ2v) is 6.81. The van der Waals surface area contributed by atoms with Crippen molar-refractivity contribution < 1.29 is 9.59 Å². The SMILES string of the molecule is CNC(=O)[C@H](C)N(Cc1ccccc1Cl)C(=O)CCc1ccccc1Cl. The number of hydrogen-bond donors (Lipinski definition) is 1. The smallest absolute Gasteiger partial charge is 0.242 e. The zero-order chi connectivity index (χ0) is 19.1. The van der Waals surface area contributed by atoms with E-state index >= 15 is 0 Å². The summed E-state index contributed by atoms with van der Waals surface area (Å²) in [6, 6.07) is 14.2. The maximum absolute atomic E-state index is 12.9. The standard InChI is InChI=1S/C20H22Cl2N2O2/c1-14(20(26)23-2)24(13-16-8-4-6-10-18(16)22)19(25)12-11-15-7-3-5-9-17(15)21/h3-10,14H,11-13H2,1-2H3,(H,23,26)/t14-/m0/s1. The fourth-order valence-electron chi connectivity index (χ4n) is 2.69. The maximum atomic E-state index is 12.9. The molecular weight excluding hydrogens is 371 g/mol. The molecule has 0 bridgehead atoms. The number of hydrogen-bond acceptors (Lipinski definition) is 2. The van der Waals surface area contributed by atoms with Crippen molar-refractivity contribution in [3.63, 3.8) is 0 Å². The van der Waals surface area contributed by atoms with Crippen LogP contribution in [0.1, 0.15) is 24.5 Å². The summed E-state index contributed by atoms with van der Waals surface area (Å²) in [7, 11) is 1.56. The van der Waals surface area contributed by atoms with Crippen LogP contribution in [0.4, 0.5) is 0 Å². The number of likely N-dealkylation sites (N-methyl/N-ethyl adjacent to an activating group) is 1. The highest BCUT2D eigenvalue weighted by molar-refractivity contribution is 6.31. The molecule has 2 aromatic carbocycles. The van der Waals surface area contributed by atoms with E-state index in [1.807, 2.05) is 36.4 Å². The summed E-state index contributed by atoms with van der Waals surface area (Å²) in [5, 5.41) is 3.80. The number of carbonyl (C=O) groups is 2. The van der Waals surface area contributed by atoms with Crippen LogP contribution in [0.25, 0.3) is 0 Å². The summed E-state index contributed by atoms with van der Waals surface area (Å²) in [4.78, 5) is 26.5. The Morgan fingerprint density at radius 2 is 1.54 bits per heavy atom. The number of halogens is 2. The van der Waals surface area contributed by atoms with Crippen LogP contribution < -0.4 is 5.32 Å². The molecule has 0 aliphatic carbocycles. The van der Waals surface area contributed by atoms with Gasteiger partial charge in [0.2, 0.25) is 11.8 Å². The summed E-state index contributed by atoms with van der Waals surface area (Å²) in [5.41, 5.74) is 1.71. The minimum atomic E-state index is -0.602. The minimum absolute atomic E-state index is 0.124. The molecule has 4 nitrogen and oxygen atoms in total. The molecule has 0 fully saturated rings. The lowest BCUT2D eigenvalue weighted by molar-refractivity contribution is -0.140. The molecule has 2 rings (SSSR count). The van der Waals surface area contributed by atoms with Gasteiger partial charge >= 0.3 is 0 Å². The molecule has 0 saturated heterocycles. The third-order valence-electron chi connectivity index (χ3n) is 4.28. The third kappa shape index (κ3) is 5.23. The van der Waals surface area contributed by atoms with Crippen molar-refractivity contribution in [1.82, 2.24) is 10.2 Å². The van der Waals surface area contributed by atoms with Gasteiger partial charge in [0.15, 0.2) is 0 Å². The molecule has 26 heavy (non-hydrogen) atoms. The first-order valence-corrected chi connectivity index (χ1v) is 9.17. The van der Waals surface area contributed by atoms with E-state index in [1.165, 1.54) is 0 Å². The zero-order valence-electron chi connectivity index (χ0n) is 14.8. The van der Waals surface area contributed by atoms with Gasteiger partial charge in [-0.3, -0.25) is 9.59 Å². The predicted octanol–water partition coefficient (Wildman–Crippen LogP) is 4.09. The van der Waals surface area contributed by atoms with Gasteiger partial charge in [0, 0.05) is 30.1 Å². The molecule has 2 aromatic rings. The van der Waals surface area contributed by atoms with Crippen molar-refractivity contribution in [3.8, 4) is 0 Å². The van der Waals surface area contributed by atoms with Crippen molar-refractivity contribution in [3.05, 3.63) is 69.7 Å². The molecule has 1 atom stereocenters. The number of carbonyl (C=O) groups excluding carboxylic acids is 2. The topological polar surface area (TPSA) is 49.4 Å². The van der Waals surface area contributed by atoms with Crippen LogP contribution >= 0.6 is 23.2 Å². The minimum Gasteiger partial charge on any atom is -0.357 e. The van der Waals surface area contributed by atoms with Crippen LogP contribution in [0.2, 0.25) is 10.0 Å². The lowest BCUT2D eigenvalue weighted by Gasteiger charge is -2.28. The van der Waals surface area contributed by atoms with Crippen LogP contribution in [-0.4, -0.2) is 29.8 Å². The number of benzene rings is 2. The van der Waals surface area contributed by atoms with Crippen molar-refractivity contribution in [2.45, 2.75) is 32.4 Å². The van der Waals surface area contributed by atoms with Crippen LogP contribution in [0.15, 0.2) is 48.5 Å². The molecule has 0 unspecified atom stereocenters. The lowest BCUT2D eigenvalue weighted by atomic mass is 10.1. The van der Waals surface area contributed by atoms with Crippen LogP contribution in [-0.2, 0) is 22.6 Å². The van der Waals surface area contributed by atoms with E-state index in [9.17, 15) is 9.59 Å². The molecule has 0 aliphatic heterocycles. The molecule has 1 N–H and O–H groups in total. The summed E-state index contributed by atoms with van der Waals surface area (Å²) >= 11 is 12.4. The van der Waals surface area contributed by atoms with Crippen molar-refractivity contribution in [2.24, 2.45) is 0 Å². The summed E-state index contributed by atoms with van der Waals surface area (Å²) in [6.45, 7) is 1.98. The summed E-state index contributed by atoms with van der Waals surface area (Å²) < 4.78 is 0. The molecule has 0 aliphatic rings. The molecule has 2 amide bonds. The molecular formula is C20H22Cl2N2O2. The molecule has 0 heterocycles. The first kappa shape index (κ1) is 20.3. The van der Waals surface area contributed by atoms with E-state index in [2.05, 4.69) is 5.32 Å². The molecule has 138 valence electrons. The molecule has 6 heteroatoms. The molecule has 0 spiro atoms. The predicted molar refractivity (Wildman–Crippen MR) is 105 cm³/mol. The fourth-order valence-corrected chi connectivity index (χ4v) is 3.11. The highest BCUT2D eigenvalue weighted by Crippen LogP contribution is 2.21. The van der Waals surface area contributed by atoms with Gasteiger partial charge in [0.05, 0.1) is 0 Å². The third-order valence-corrected chi connectivity index (χ3v) is 5.02. The Hall–Kier alpha value is -2.04. The van der Waals surface area contributed by atoms with E-state index in [1.54, 1.807) is 31.0 Å². The first-order chi connectivity index (χ1) is 12.4. The summed E-state index contributed by atoms with van der Waals surface area (Å²) in [6.07, 6.45) is 0.771. The van der Waals surface area contributed by atoms with Gasteiger partial charge in [-0.1, -0.05) is 59.6 Å². The number of nitrogens with zero attached hydrogens (tertiary/aromatic N) is 1. The highest BCUT2D eigenvalue weighted by atomic mass is 35.5. The first-order valence-electron chi connectivity index (χ1n) is 8.42. The van der Waals surface area contributed by atoms with E-state index in [-0.39, 0.29) is 24.8 Å². The maximum Gasteiger partial charge on any atom is 0.242 e. The van der Waals surface area contributed by atoms with Gasteiger partial charge in [-0.15, -0.1) is 0 Å². The molecule has 0 radical (unpaired) electrons. The van der Waals surface area contributed by atoms with Gasteiger partial charge in [0.25, 0.3) is 0 Å². The monoisotopic (exact) mass is 392 g/mol. The molecule has 0 saturated carbocycles. The van der Waals surface area contributed by atoms with E-state index in [0.717, 1.165) is 11.1 Å². The van der Waals surface area contributed by atoms with Crippen molar-refractivity contribution in [1.29, 1.82) is 0 Å². The van der Waals surface area contributed by atoms with Gasteiger partial charge in [-0.25, -0.2) is 0 Å². The fraction of sp³-hybridized carbons (Fsp3) is 0.300. The van der Waals surface area contributed by atoms with Crippen LogP contribution in [0.5, 0.6) is 0 Å². The van der Waals surface area contributed by atoms with Crippen molar-refractivity contribution >= 4 is 35.0 Å². The van der Waals surface area contributed by atoms with E-state index in [4.69, 9.17) is 23.2 Å². The Morgan fingerprint density at radius 3 is 2.08 bits per heavy atom. The van der Waals surface area contributed by atoms with Crippen molar-refractivity contribution in [2.75, 3.05) is 7.05 Å². The number of aryl methyl sites for hydroxylation is 1. The van der Waals surface area contributed by atoms with Gasteiger partial charge in [-0.2, -0.15) is 0 Å². The second-order valence-electron chi connectivity index (χ2n) is 5.99. The van der Waals surface area contributed by atoms with Gasteiger partial charge < -0.3 is 10.2 Å². The number of amides is 2. The normalized spacial score (nSPS) is 11.7.